The minimum atomic E-state index is -3.13. The van der Waals surface area contributed by atoms with Crippen molar-refractivity contribution in [2.45, 2.75) is 33.2 Å². The summed E-state index contributed by atoms with van der Waals surface area (Å²) >= 11 is 0. The van der Waals surface area contributed by atoms with Crippen LogP contribution in [0.1, 0.15) is 27.2 Å². The smallest absolute Gasteiger partial charge is 0.315 e. The van der Waals surface area contributed by atoms with E-state index in [0.717, 1.165) is 6.26 Å². The summed E-state index contributed by atoms with van der Waals surface area (Å²) in [5.41, 5.74) is -0.410. The number of nitrogens with one attached hydrogen (secondary N) is 2. The van der Waals surface area contributed by atoms with Crippen LogP contribution in [0.4, 0.5) is 4.79 Å². The summed E-state index contributed by atoms with van der Waals surface area (Å²) in [6.45, 7) is 5.45. The van der Waals surface area contributed by atoms with E-state index in [0.29, 0.717) is 0 Å². The summed E-state index contributed by atoms with van der Waals surface area (Å²) in [5.74, 6) is -1.16. The second kappa shape index (κ2) is 6.74. The molecule has 0 aromatic carbocycles. The highest BCUT2D eigenvalue weighted by atomic mass is 32.2. The van der Waals surface area contributed by atoms with E-state index >= 15 is 0 Å². The number of sulfone groups is 1. The molecule has 0 aromatic rings. The van der Waals surface area contributed by atoms with Crippen molar-refractivity contribution in [3.8, 4) is 0 Å². The van der Waals surface area contributed by atoms with Crippen molar-refractivity contribution >= 4 is 21.8 Å². The fourth-order valence-electron chi connectivity index (χ4n) is 1.31. The van der Waals surface area contributed by atoms with E-state index in [9.17, 15) is 18.0 Å². The molecule has 0 saturated heterocycles. The van der Waals surface area contributed by atoms with Crippen LogP contribution in [0.15, 0.2) is 0 Å². The molecule has 112 valence electrons. The summed E-state index contributed by atoms with van der Waals surface area (Å²) in [4.78, 5) is 22.3. The number of rotatable bonds is 6. The quantitative estimate of drug-likeness (QED) is 0.648. The van der Waals surface area contributed by atoms with E-state index in [1.807, 2.05) is 20.8 Å². The minimum absolute atomic E-state index is 0.00536. The van der Waals surface area contributed by atoms with Gasteiger partial charge < -0.3 is 15.7 Å². The first kappa shape index (κ1) is 17.7. The molecule has 0 heterocycles. The van der Waals surface area contributed by atoms with E-state index in [1.54, 1.807) is 0 Å². The predicted molar refractivity (Wildman–Crippen MR) is 71.7 cm³/mol. The largest absolute Gasteiger partial charge is 0.481 e. The second-order valence-corrected chi connectivity index (χ2v) is 7.81. The Morgan fingerprint density at radius 3 is 2.16 bits per heavy atom. The molecular weight excluding hydrogens is 272 g/mol. The van der Waals surface area contributed by atoms with Crippen molar-refractivity contribution in [3.63, 3.8) is 0 Å². The van der Waals surface area contributed by atoms with Crippen LogP contribution in [-0.4, -0.2) is 50.1 Å². The predicted octanol–water partition coefficient (Wildman–Crippen LogP) is 0.220. The van der Waals surface area contributed by atoms with Crippen LogP contribution in [0.25, 0.3) is 0 Å². The van der Waals surface area contributed by atoms with Crippen LogP contribution < -0.4 is 10.6 Å². The summed E-state index contributed by atoms with van der Waals surface area (Å²) in [5, 5.41) is 13.7. The molecule has 2 amide bonds. The molecule has 0 aliphatic heterocycles. The molecule has 0 fully saturated rings. The third-order valence-electron chi connectivity index (χ3n) is 2.49. The van der Waals surface area contributed by atoms with Gasteiger partial charge in [0.05, 0.1) is 12.2 Å². The lowest BCUT2D eigenvalue weighted by atomic mass is 9.85. The van der Waals surface area contributed by atoms with E-state index in [-0.39, 0.29) is 18.7 Å². The molecule has 0 radical (unpaired) electrons. The maximum atomic E-state index is 11.6. The molecular formula is C11H22N2O5S. The van der Waals surface area contributed by atoms with Gasteiger partial charge in [-0.15, -0.1) is 0 Å². The first-order valence-corrected chi connectivity index (χ1v) is 7.92. The molecule has 0 spiro atoms. The SMILES string of the molecule is CC(C)(C)C(CC(=O)O)NC(=O)NCCS(C)(=O)=O. The topological polar surface area (TPSA) is 113 Å². The van der Waals surface area contributed by atoms with Crippen LogP contribution in [0, 0.1) is 5.41 Å². The third-order valence-corrected chi connectivity index (χ3v) is 3.43. The van der Waals surface area contributed by atoms with Gasteiger partial charge in [-0.2, -0.15) is 0 Å². The fourth-order valence-corrected chi connectivity index (χ4v) is 1.78. The maximum Gasteiger partial charge on any atom is 0.315 e. The molecule has 1 atom stereocenters. The molecule has 0 aromatic heterocycles. The van der Waals surface area contributed by atoms with Gasteiger partial charge in [0.1, 0.15) is 9.84 Å². The van der Waals surface area contributed by atoms with Gasteiger partial charge in [-0.3, -0.25) is 4.79 Å². The average molecular weight is 294 g/mol. The van der Waals surface area contributed by atoms with Gasteiger partial charge in [-0.1, -0.05) is 20.8 Å². The van der Waals surface area contributed by atoms with E-state index in [4.69, 9.17) is 5.11 Å². The highest BCUT2D eigenvalue weighted by Gasteiger charge is 2.28. The molecule has 0 rings (SSSR count). The Balaban J connectivity index is 4.36. The van der Waals surface area contributed by atoms with E-state index < -0.39 is 33.3 Å². The Hall–Kier alpha value is -1.31. The molecule has 7 nitrogen and oxygen atoms in total. The Morgan fingerprint density at radius 1 is 1.26 bits per heavy atom. The number of amides is 2. The van der Waals surface area contributed by atoms with Gasteiger partial charge in [0, 0.05) is 18.8 Å². The number of hydrogen-bond donors (Lipinski definition) is 3. The molecule has 0 bridgehead atoms. The first-order chi connectivity index (χ1) is 8.42. The van der Waals surface area contributed by atoms with Gasteiger partial charge >= 0.3 is 12.0 Å². The molecule has 0 aliphatic carbocycles. The Bertz CT molecular complexity index is 425. The lowest BCUT2D eigenvalue weighted by Gasteiger charge is -2.30. The fraction of sp³-hybridized carbons (Fsp3) is 0.818. The number of carboxylic acid groups (broad SMARTS) is 1. The van der Waals surface area contributed by atoms with Crippen LogP contribution in [-0.2, 0) is 14.6 Å². The summed E-state index contributed by atoms with van der Waals surface area (Å²) in [6.07, 6.45) is 0.887. The van der Waals surface area contributed by atoms with Crippen molar-refractivity contribution in [2.24, 2.45) is 5.41 Å². The van der Waals surface area contributed by atoms with Crippen molar-refractivity contribution in [3.05, 3.63) is 0 Å². The molecule has 0 saturated carbocycles. The van der Waals surface area contributed by atoms with Crippen molar-refractivity contribution in [1.82, 2.24) is 10.6 Å². The zero-order valence-electron chi connectivity index (χ0n) is 11.7. The standard InChI is InChI=1S/C11H22N2O5S/c1-11(2,3)8(7-9(14)15)13-10(16)12-5-6-19(4,17)18/h8H,5-7H2,1-4H3,(H,14,15)(H2,12,13,16). The monoisotopic (exact) mass is 294 g/mol. The highest BCUT2D eigenvalue weighted by Crippen LogP contribution is 2.21. The number of urea groups is 1. The number of hydrogen-bond acceptors (Lipinski definition) is 4. The highest BCUT2D eigenvalue weighted by molar-refractivity contribution is 7.90. The summed E-state index contributed by atoms with van der Waals surface area (Å²) < 4.78 is 21.8. The molecule has 0 aliphatic rings. The van der Waals surface area contributed by atoms with Crippen LogP contribution in [0.5, 0.6) is 0 Å². The normalized spacial score (nSPS) is 13.7. The Labute approximate surface area is 113 Å². The second-order valence-electron chi connectivity index (χ2n) is 5.55. The molecule has 8 heteroatoms. The van der Waals surface area contributed by atoms with Gasteiger partial charge in [0.15, 0.2) is 0 Å². The number of carbonyl (C=O) groups excluding carboxylic acids is 1. The zero-order chi connectivity index (χ0) is 15.3. The number of aliphatic carboxylic acids is 1. The summed E-state index contributed by atoms with van der Waals surface area (Å²) in [6, 6.07) is -1.10. The summed E-state index contributed by atoms with van der Waals surface area (Å²) in [7, 11) is -3.13. The average Bonchev–Trinajstić information content (AvgIpc) is 2.12. The number of carbonyl (C=O) groups is 2. The molecule has 1 unspecified atom stereocenters. The van der Waals surface area contributed by atoms with Gasteiger partial charge in [-0.05, 0) is 5.41 Å². The van der Waals surface area contributed by atoms with Crippen molar-refractivity contribution in [1.29, 1.82) is 0 Å². The van der Waals surface area contributed by atoms with Crippen molar-refractivity contribution < 1.29 is 23.1 Å². The van der Waals surface area contributed by atoms with E-state index in [2.05, 4.69) is 10.6 Å². The lowest BCUT2D eigenvalue weighted by Crippen LogP contribution is -2.49. The third kappa shape index (κ3) is 9.29. The maximum absolute atomic E-state index is 11.6. The first-order valence-electron chi connectivity index (χ1n) is 5.85. The van der Waals surface area contributed by atoms with E-state index in [1.165, 1.54) is 0 Å². The lowest BCUT2D eigenvalue weighted by molar-refractivity contribution is -0.138. The van der Waals surface area contributed by atoms with Gasteiger partial charge in [-0.25, -0.2) is 13.2 Å². The number of carboxylic acids is 1. The van der Waals surface area contributed by atoms with Crippen LogP contribution >= 0.6 is 0 Å². The minimum Gasteiger partial charge on any atom is -0.481 e. The Kier molecular flexibility index (Phi) is 6.28. The molecule has 19 heavy (non-hydrogen) atoms. The van der Waals surface area contributed by atoms with Crippen molar-refractivity contribution in [2.75, 3.05) is 18.6 Å². The van der Waals surface area contributed by atoms with Gasteiger partial charge in [0.2, 0.25) is 0 Å². The molecule has 3 N–H and O–H groups in total. The van der Waals surface area contributed by atoms with Crippen LogP contribution in [0.3, 0.4) is 0 Å². The van der Waals surface area contributed by atoms with Crippen LogP contribution in [0.2, 0.25) is 0 Å². The Morgan fingerprint density at radius 2 is 1.79 bits per heavy atom. The zero-order valence-corrected chi connectivity index (χ0v) is 12.5. The van der Waals surface area contributed by atoms with Gasteiger partial charge in [0.25, 0.3) is 0 Å².